The zero-order chi connectivity index (χ0) is 7.11. The third-order valence-electron chi connectivity index (χ3n) is 1.22. The molecule has 0 aromatic carbocycles. The van der Waals surface area contributed by atoms with E-state index in [1.807, 2.05) is 12.2 Å². The number of hydrogen-bond acceptors (Lipinski definition) is 0. The minimum absolute atomic E-state index is 0.764. The molecule has 0 aromatic heterocycles. The van der Waals surface area contributed by atoms with Crippen LogP contribution >= 0.6 is 22.6 Å². The van der Waals surface area contributed by atoms with Gasteiger partial charge in [0.2, 0.25) is 0 Å². The summed E-state index contributed by atoms with van der Waals surface area (Å²) in [4.78, 5) is 0. The van der Waals surface area contributed by atoms with Crippen LogP contribution in [0.3, 0.4) is 0 Å². The first-order valence-electron chi connectivity index (χ1n) is 3.12. The summed E-state index contributed by atoms with van der Waals surface area (Å²) in [6.07, 6.45) is 6.20. The van der Waals surface area contributed by atoms with Crippen molar-refractivity contribution < 1.29 is 0 Å². The third kappa shape index (κ3) is 4.70. The van der Waals surface area contributed by atoms with E-state index >= 15 is 0 Å². The summed E-state index contributed by atoms with van der Waals surface area (Å²) < 4.78 is 1.20. The normalized spacial score (nSPS) is 9.56. The molecular weight excluding hydrogens is 223 g/mol. The first-order valence-corrected chi connectivity index (χ1v) is 4.65. The van der Waals surface area contributed by atoms with E-state index in [2.05, 4.69) is 35.7 Å². The number of allylic oxidation sites excluding steroid dienone is 2. The van der Waals surface area contributed by atoms with Crippen LogP contribution in [0.5, 0.6) is 0 Å². The van der Waals surface area contributed by atoms with E-state index in [-0.39, 0.29) is 0 Å². The maximum atomic E-state index is 3.69. The molecule has 0 aromatic rings. The van der Waals surface area contributed by atoms with Crippen molar-refractivity contribution in [1.82, 2.24) is 0 Å². The molecular formula is C8H13I. The molecule has 0 unspecified atom stereocenters. The lowest BCUT2D eigenvalue weighted by molar-refractivity contribution is 0.624. The second kappa shape index (κ2) is 6.33. The molecule has 0 atom stereocenters. The fourth-order valence-electron chi connectivity index (χ4n) is 0.694. The summed E-state index contributed by atoms with van der Waals surface area (Å²) in [6, 6.07) is 0. The smallest absolute Gasteiger partial charge is 0.00296 e. The molecule has 0 nitrogen and oxygen atoms in total. The van der Waals surface area contributed by atoms with Gasteiger partial charge in [0.1, 0.15) is 0 Å². The predicted octanol–water partition coefficient (Wildman–Crippen LogP) is 3.19. The van der Waals surface area contributed by atoms with E-state index in [4.69, 9.17) is 0 Å². The standard InChI is InChI=1S/C8H13I/c1-3-5-8(7-9)6-4-2/h3-4,8H,1-2,5-7H2. The Bertz CT molecular complexity index is 76.6. The summed E-state index contributed by atoms with van der Waals surface area (Å²) >= 11 is 2.40. The highest BCUT2D eigenvalue weighted by atomic mass is 127. The average molecular weight is 236 g/mol. The first kappa shape index (κ1) is 9.21. The SMILES string of the molecule is C=CCC(CI)CC=C. The fraction of sp³-hybridized carbons (Fsp3) is 0.500. The van der Waals surface area contributed by atoms with Gasteiger partial charge in [-0.3, -0.25) is 0 Å². The van der Waals surface area contributed by atoms with Gasteiger partial charge in [0.25, 0.3) is 0 Å². The van der Waals surface area contributed by atoms with Crippen LogP contribution in [0.15, 0.2) is 25.3 Å². The van der Waals surface area contributed by atoms with Gasteiger partial charge in [-0.15, -0.1) is 13.2 Å². The first-order chi connectivity index (χ1) is 4.35. The molecule has 0 N–H and O–H groups in total. The summed E-state index contributed by atoms with van der Waals surface area (Å²) in [5, 5.41) is 0. The number of halogens is 1. The molecule has 0 aliphatic carbocycles. The highest BCUT2D eigenvalue weighted by molar-refractivity contribution is 14.1. The van der Waals surface area contributed by atoms with Crippen molar-refractivity contribution in [3.8, 4) is 0 Å². The van der Waals surface area contributed by atoms with Gasteiger partial charge in [0.05, 0.1) is 0 Å². The van der Waals surface area contributed by atoms with Crippen molar-refractivity contribution in [1.29, 1.82) is 0 Å². The van der Waals surface area contributed by atoms with Crippen LogP contribution in [-0.2, 0) is 0 Å². The van der Waals surface area contributed by atoms with E-state index in [1.165, 1.54) is 4.43 Å². The lowest BCUT2D eigenvalue weighted by atomic mass is 10.0. The molecule has 0 radical (unpaired) electrons. The van der Waals surface area contributed by atoms with E-state index in [0.29, 0.717) is 0 Å². The van der Waals surface area contributed by atoms with Gasteiger partial charge in [0, 0.05) is 4.43 Å². The van der Waals surface area contributed by atoms with Gasteiger partial charge in [-0.25, -0.2) is 0 Å². The zero-order valence-electron chi connectivity index (χ0n) is 5.65. The minimum atomic E-state index is 0.764. The summed E-state index contributed by atoms with van der Waals surface area (Å²) in [5.41, 5.74) is 0. The van der Waals surface area contributed by atoms with Crippen molar-refractivity contribution in [2.75, 3.05) is 4.43 Å². The van der Waals surface area contributed by atoms with Crippen molar-refractivity contribution >= 4 is 22.6 Å². The van der Waals surface area contributed by atoms with Gasteiger partial charge in [-0.1, -0.05) is 34.7 Å². The number of rotatable bonds is 5. The van der Waals surface area contributed by atoms with Gasteiger partial charge in [-0.05, 0) is 18.8 Å². The van der Waals surface area contributed by atoms with Gasteiger partial charge in [-0.2, -0.15) is 0 Å². The molecule has 0 heterocycles. The molecule has 0 rings (SSSR count). The van der Waals surface area contributed by atoms with Gasteiger partial charge >= 0.3 is 0 Å². The van der Waals surface area contributed by atoms with Crippen molar-refractivity contribution in [3.63, 3.8) is 0 Å². The molecule has 9 heavy (non-hydrogen) atoms. The van der Waals surface area contributed by atoms with Crippen LogP contribution in [0.1, 0.15) is 12.8 Å². The predicted molar refractivity (Wildman–Crippen MR) is 52.0 cm³/mol. The Hall–Kier alpha value is 0.210. The highest BCUT2D eigenvalue weighted by Gasteiger charge is 1.99. The Balaban J connectivity index is 3.39. The van der Waals surface area contributed by atoms with E-state index in [1.54, 1.807) is 0 Å². The molecule has 0 saturated carbocycles. The zero-order valence-corrected chi connectivity index (χ0v) is 7.80. The summed E-state index contributed by atoms with van der Waals surface area (Å²) in [7, 11) is 0. The van der Waals surface area contributed by atoms with Crippen LogP contribution in [0.4, 0.5) is 0 Å². The van der Waals surface area contributed by atoms with E-state index < -0.39 is 0 Å². The average Bonchev–Trinajstić information content (AvgIpc) is 1.88. The van der Waals surface area contributed by atoms with Gasteiger partial charge < -0.3 is 0 Å². The van der Waals surface area contributed by atoms with Gasteiger partial charge in [0.15, 0.2) is 0 Å². The Labute approximate surface area is 71.2 Å². The molecule has 0 amide bonds. The van der Waals surface area contributed by atoms with Crippen molar-refractivity contribution in [2.45, 2.75) is 12.8 Å². The van der Waals surface area contributed by atoms with Crippen LogP contribution in [0.25, 0.3) is 0 Å². The Morgan fingerprint density at radius 1 is 1.22 bits per heavy atom. The molecule has 0 fully saturated rings. The fourth-order valence-corrected chi connectivity index (χ4v) is 1.41. The monoisotopic (exact) mass is 236 g/mol. The van der Waals surface area contributed by atoms with Crippen molar-refractivity contribution in [3.05, 3.63) is 25.3 Å². The third-order valence-corrected chi connectivity index (χ3v) is 2.46. The summed E-state index contributed by atoms with van der Waals surface area (Å²) in [6.45, 7) is 7.39. The summed E-state index contributed by atoms with van der Waals surface area (Å²) in [5.74, 6) is 0.764. The number of hydrogen-bond donors (Lipinski definition) is 0. The van der Waals surface area contributed by atoms with Crippen LogP contribution in [0.2, 0.25) is 0 Å². The lowest BCUT2D eigenvalue weighted by Gasteiger charge is -2.06. The molecule has 0 bridgehead atoms. The topological polar surface area (TPSA) is 0 Å². The Morgan fingerprint density at radius 2 is 1.67 bits per heavy atom. The Morgan fingerprint density at radius 3 is 1.89 bits per heavy atom. The number of alkyl halides is 1. The minimum Gasteiger partial charge on any atom is -0.103 e. The molecule has 0 aliphatic rings. The van der Waals surface area contributed by atoms with Crippen LogP contribution < -0.4 is 0 Å². The Kier molecular flexibility index (Phi) is 6.48. The molecule has 1 heteroatoms. The second-order valence-electron chi connectivity index (χ2n) is 2.07. The molecule has 52 valence electrons. The lowest BCUT2D eigenvalue weighted by Crippen LogP contribution is -1.97. The maximum Gasteiger partial charge on any atom is 0.00296 e. The second-order valence-corrected chi connectivity index (χ2v) is 2.95. The van der Waals surface area contributed by atoms with E-state index in [0.717, 1.165) is 18.8 Å². The molecule has 0 saturated heterocycles. The largest absolute Gasteiger partial charge is 0.103 e. The van der Waals surface area contributed by atoms with Crippen molar-refractivity contribution in [2.24, 2.45) is 5.92 Å². The maximum absolute atomic E-state index is 3.69. The van der Waals surface area contributed by atoms with Crippen LogP contribution in [0, 0.1) is 5.92 Å². The quantitative estimate of drug-likeness (QED) is 0.390. The van der Waals surface area contributed by atoms with Crippen LogP contribution in [-0.4, -0.2) is 4.43 Å². The molecule has 0 spiro atoms. The molecule has 0 aliphatic heterocycles. The van der Waals surface area contributed by atoms with E-state index in [9.17, 15) is 0 Å². The highest BCUT2D eigenvalue weighted by Crippen LogP contribution is 2.12.